The minimum Gasteiger partial charge on any atom is -0.477 e. The van der Waals surface area contributed by atoms with E-state index in [-0.39, 0.29) is 16.5 Å². The van der Waals surface area contributed by atoms with E-state index in [0.717, 1.165) is 36.3 Å². The molecule has 8 nitrogen and oxygen atoms in total. The molecule has 2 aliphatic heterocycles. The number of nitrogens with zero attached hydrogens (tertiary/aromatic N) is 5. The van der Waals surface area contributed by atoms with E-state index in [4.69, 9.17) is 4.98 Å². The molecule has 0 bridgehead atoms. The van der Waals surface area contributed by atoms with E-state index in [2.05, 4.69) is 21.8 Å². The molecule has 5 heterocycles. The van der Waals surface area contributed by atoms with Crippen LogP contribution < -0.4 is 10.3 Å². The summed E-state index contributed by atoms with van der Waals surface area (Å²) < 4.78 is 2.71. The van der Waals surface area contributed by atoms with Gasteiger partial charge in [-0.25, -0.2) is 9.78 Å². The zero-order valence-electron chi connectivity index (χ0n) is 17.0. The van der Waals surface area contributed by atoms with E-state index >= 15 is 0 Å². The Hall–Kier alpha value is -3.04. The number of carboxylic acids is 1. The van der Waals surface area contributed by atoms with Crippen LogP contribution in [-0.4, -0.2) is 62.6 Å². The second-order valence-corrected chi connectivity index (χ2v) is 9.58. The number of para-hydroxylation sites is 1. The summed E-state index contributed by atoms with van der Waals surface area (Å²) in [6.07, 6.45) is 4.94. The molecule has 0 amide bonds. The third kappa shape index (κ3) is 2.56. The highest BCUT2D eigenvalue weighted by atomic mass is 32.1. The van der Waals surface area contributed by atoms with Crippen LogP contribution in [0.3, 0.4) is 0 Å². The summed E-state index contributed by atoms with van der Waals surface area (Å²) in [5, 5.41) is 9.99. The number of rotatable bonds is 2. The van der Waals surface area contributed by atoms with Crippen LogP contribution in [0.25, 0.3) is 26.1 Å². The van der Waals surface area contributed by atoms with Gasteiger partial charge in [-0.2, -0.15) is 4.98 Å². The predicted octanol–water partition coefficient (Wildman–Crippen LogP) is 2.83. The van der Waals surface area contributed by atoms with Crippen LogP contribution in [0.15, 0.2) is 35.3 Å². The topological polar surface area (TPSA) is 91.0 Å². The molecule has 4 aromatic rings. The Morgan fingerprint density at radius 1 is 1.23 bits per heavy atom. The first-order chi connectivity index (χ1) is 15.0. The number of thiazole rings is 1. The normalized spacial score (nSPS) is 21.9. The first-order valence-electron chi connectivity index (χ1n) is 10.4. The summed E-state index contributed by atoms with van der Waals surface area (Å²) in [6, 6.07) is 7.66. The second-order valence-electron chi connectivity index (χ2n) is 8.55. The second kappa shape index (κ2) is 6.48. The molecule has 0 radical (unpaired) electrons. The largest absolute Gasteiger partial charge is 0.477 e. The van der Waals surface area contributed by atoms with Crippen LogP contribution in [0.2, 0.25) is 0 Å². The van der Waals surface area contributed by atoms with Crippen LogP contribution in [0.4, 0.5) is 5.95 Å². The Labute approximate surface area is 181 Å². The smallest absolute Gasteiger partial charge is 0.342 e. The van der Waals surface area contributed by atoms with Gasteiger partial charge in [0.25, 0.3) is 0 Å². The van der Waals surface area contributed by atoms with Gasteiger partial charge in [0, 0.05) is 24.8 Å². The average molecular weight is 436 g/mol. The number of carboxylic acid groups (broad SMARTS) is 1. The Kier molecular flexibility index (Phi) is 3.91. The van der Waals surface area contributed by atoms with Crippen molar-refractivity contribution in [1.82, 2.24) is 19.3 Å². The average Bonchev–Trinajstić information content (AvgIpc) is 3.45. The number of pyridine rings is 1. The third-order valence-electron chi connectivity index (χ3n) is 6.94. The lowest BCUT2D eigenvalue weighted by Gasteiger charge is -2.31. The number of hydrogen-bond donors (Lipinski definition) is 1. The number of likely N-dealkylation sites (tertiary alicyclic amines) is 1. The van der Waals surface area contributed by atoms with E-state index in [0.29, 0.717) is 16.4 Å². The number of likely N-dealkylation sites (N-methyl/N-ethyl adjacent to an activating group) is 1. The number of anilines is 1. The predicted molar refractivity (Wildman–Crippen MR) is 121 cm³/mol. The Balaban J connectivity index is 1.59. The van der Waals surface area contributed by atoms with Gasteiger partial charge in [0.1, 0.15) is 10.4 Å². The molecule has 0 aliphatic carbocycles. The monoisotopic (exact) mass is 435 g/mol. The molecule has 2 saturated heterocycles. The van der Waals surface area contributed by atoms with Crippen molar-refractivity contribution in [1.29, 1.82) is 0 Å². The minimum absolute atomic E-state index is 0.173. The van der Waals surface area contributed by atoms with E-state index in [1.807, 2.05) is 24.3 Å². The van der Waals surface area contributed by atoms with Gasteiger partial charge in [-0.3, -0.25) is 14.1 Å². The van der Waals surface area contributed by atoms with Gasteiger partial charge in [-0.1, -0.05) is 12.1 Å². The van der Waals surface area contributed by atoms with E-state index in [9.17, 15) is 14.7 Å². The van der Waals surface area contributed by atoms with Crippen molar-refractivity contribution in [3.63, 3.8) is 0 Å². The lowest BCUT2D eigenvalue weighted by Crippen LogP contribution is -2.43. The van der Waals surface area contributed by atoms with Crippen LogP contribution in [0.1, 0.15) is 29.6 Å². The van der Waals surface area contributed by atoms with Gasteiger partial charge in [-0.15, -0.1) is 11.3 Å². The highest BCUT2D eigenvalue weighted by Gasteiger charge is 2.44. The summed E-state index contributed by atoms with van der Waals surface area (Å²) in [5.74, 6) is -0.637. The summed E-state index contributed by atoms with van der Waals surface area (Å²) in [4.78, 5) is 39.4. The number of carbonyl (C=O) groups is 1. The molecule has 1 aromatic carbocycles. The first-order valence-corrected chi connectivity index (χ1v) is 11.2. The van der Waals surface area contributed by atoms with E-state index in [1.165, 1.54) is 30.4 Å². The maximum atomic E-state index is 13.1. The van der Waals surface area contributed by atoms with Crippen molar-refractivity contribution < 1.29 is 9.90 Å². The quantitative estimate of drug-likeness (QED) is 0.518. The zero-order valence-corrected chi connectivity index (χ0v) is 17.9. The van der Waals surface area contributed by atoms with Crippen LogP contribution in [0.5, 0.6) is 0 Å². The number of hydrogen-bond acceptors (Lipinski definition) is 7. The fourth-order valence-electron chi connectivity index (χ4n) is 5.24. The van der Waals surface area contributed by atoms with Crippen molar-refractivity contribution in [3.8, 4) is 0 Å². The van der Waals surface area contributed by atoms with Crippen molar-refractivity contribution in [2.75, 3.05) is 31.6 Å². The molecule has 0 saturated carbocycles. The van der Waals surface area contributed by atoms with Gasteiger partial charge < -0.3 is 10.0 Å². The number of aromatic carboxylic acids is 1. The molecule has 1 unspecified atom stereocenters. The van der Waals surface area contributed by atoms with Crippen LogP contribution in [-0.2, 0) is 0 Å². The van der Waals surface area contributed by atoms with Gasteiger partial charge in [0.15, 0.2) is 5.65 Å². The lowest BCUT2D eigenvalue weighted by atomic mass is 9.96. The first kappa shape index (κ1) is 18.7. The highest BCUT2D eigenvalue weighted by Crippen LogP contribution is 2.38. The molecule has 9 heteroatoms. The fourth-order valence-corrected chi connectivity index (χ4v) is 6.42. The Morgan fingerprint density at radius 3 is 2.84 bits per heavy atom. The molecule has 1 spiro atoms. The molecule has 2 fully saturated rings. The van der Waals surface area contributed by atoms with Crippen molar-refractivity contribution >= 4 is 49.3 Å². The number of aromatic nitrogens is 3. The van der Waals surface area contributed by atoms with Crippen molar-refractivity contribution in [3.05, 3.63) is 46.2 Å². The number of fused-ring (bicyclic) bond motifs is 5. The summed E-state index contributed by atoms with van der Waals surface area (Å²) in [7, 11) is 2.19. The molecule has 1 N–H and O–H groups in total. The van der Waals surface area contributed by atoms with Gasteiger partial charge in [-0.05, 0) is 45.0 Å². The van der Waals surface area contributed by atoms with E-state index in [1.54, 1.807) is 4.40 Å². The maximum Gasteiger partial charge on any atom is 0.342 e. The molecule has 6 rings (SSSR count). The van der Waals surface area contributed by atoms with Crippen LogP contribution >= 0.6 is 11.3 Å². The SMILES string of the molecule is CN1CCCC12CCN(c1ncc3c(=O)c(C(=O)O)c4sc5ccccc5n4c3n1)C2. The highest BCUT2D eigenvalue weighted by molar-refractivity contribution is 7.24. The molecular formula is C22H21N5O3S. The summed E-state index contributed by atoms with van der Waals surface area (Å²) in [5.41, 5.74) is 0.722. The van der Waals surface area contributed by atoms with Gasteiger partial charge in [0.2, 0.25) is 11.4 Å². The minimum atomic E-state index is -1.23. The molecular weight excluding hydrogens is 414 g/mol. The standard InChI is InChI=1S/C22H21N5O3S/c1-25-9-4-7-22(25)8-10-26(12-22)21-23-11-13-17(28)16(20(29)30)19-27(18(13)24-21)14-5-2-3-6-15(14)31-19/h2-3,5-6,11H,4,7-10,12H2,1H3,(H,29,30). The van der Waals surface area contributed by atoms with Crippen LogP contribution in [0, 0.1) is 0 Å². The Bertz CT molecular complexity index is 1440. The zero-order chi connectivity index (χ0) is 21.3. The molecule has 1 atom stereocenters. The number of benzene rings is 1. The fraction of sp³-hybridized carbons (Fsp3) is 0.364. The van der Waals surface area contributed by atoms with Gasteiger partial charge in [0.05, 0.1) is 15.6 Å². The lowest BCUT2D eigenvalue weighted by molar-refractivity contribution is 0.0697. The molecule has 3 aromatic heterocycles. The van der Waals surface area contributed by atoms with Crippen molar-refractivity contribution in [2.24, 2.45) is 0 Å². The maximum absolute atomic E-state index is 13.1. The Morgan fingerprint density at radius 2 is 2.06 bits per heavy atom. The molecule has 2 aliphatic rings. The molecule has 158 valence electrons. The molecule has 31 heavy (non-hydrogen) atoms. The van der Waals surface area contributed by atoms with Crippen molar-refractivity contribution in [2.45, 2.75) is 24.8 Å². The van der Waals surface area contributed by atoms with Gasteiger partial charge >= 0.3 is 5.97 Å². The summed E-state index contributed by atoms with van der Waals surface area (Å²) in [6.45, 7) is 2.84. The van der Waals surface area contributed by atoms with E-state index < -0.39 is 11.4 Å². The summed E-state index contributed by atoms with van der Waals surface area (Å²) >= 11 is 1.30. The third-order valence-corrected chi connectivity index (χ3v) is 8.09.